The predicted molar refractivity (Wildman–Crippen MR) is 73.7 cm³/mol. The summed E-state index contributed by atoms with van der Waals surface area (Å²) in [6, 6.07) is 5.40. The molecule has 0 saturated carbocycles. The Bertz CT molecular complexity index is 630. The summed E-state index contributed by atoms with van der Waals surface area (Å²) in [7, 11) is 0. The molecule has 2 rings (SSSR count). The quantitative estimate of drug-likeness (QED) is 0.824. The van der Waals surface area contributed by atoms with Crippen LogP contribution in [0.3, 0.4) is 0 Å². The monoisotopic (exact) mass is 297 g/mol. The van der Waals surface area contributed by atoms with Gasteiger partial charge in [-0.2, -0.15) is 0 Å². The summed E-state index contributed by atoms with van der Waals surface area (Å²) >= 11 is 0. The smallest absolute Gasteiger partial charge is 0.136 e. The molecule has 0 amide bonds. The normalized spacial score (nSPS) is 11.2. The molecule has 112 valence electrons. The minimum Gasteiger partial charge on any atom is -0.310 e. The van der Waals surface area contributed by atoms with Crippen LogP contribution >= 0.6 is 0 Å². The van der Waals surface area contributed by atoms with Crippen molar-refractivity contribution >= 4 is 0 Å². The average molecular weight is 297 g/mol. The lowest BCUT2D eigenvalue weighted by molar-refractivity contribution is 0.544. The van der Waals surface area contributed by atoms with Gasteiger partial charge in [0, 0.05) is 30.3 Å². The molecule has 2 aromatic carbocycles. The van der Waals surface area contributed by atoms with Crippen LogP contribution in [0, 0.1) is 23.3 Å². The van der Waals surface area contributed by atoms with E-state index >= 15 is 0 Å². The van der Waals surface area contributed by atoms with Crippen LogP contribution in [-0.2, 0) is 6.54 Å². The minimum absolute atomic E-state index is 0.224. The van der Waals surface area contributed by atoms with Gasteiger partial charge in [-0.15, -0.1) is 0 Å². The van der Waals surface area contributed by atoms with Crippen LogP contribution in [0.4, 0.5) is 17.6 Å². The Hall–Kier alpha value is -1.88. The summed E-state index contributed by atoms with van der Waals surface area (Å²) in [5.41, 5.74) is -0.122. The van der Waals surface area contributed by atoms with E-state index in [0.717, 1.165) is 0 Å². The molecule has 0 aliphatic heterocycles. The summed E-state index contributed by atoms with van der Waals surface area (Å²) in [5.74, 6) is -4.03. The molecule has 1 nitrogen and oxygen atoms in total. The Morgan fingerprint density at radius 2 is 1.52 bits per heavy atom. The van der Waals surface area contributed by atoms with Gasteiger partial charge in [-0.25, -0.2) is 17.6 Å². The van der Waals surface area contributed by atoms with Gasteiger partial charge in [0.05, 0.1) is 5.56 Å². The van der Waals surface area contributed by atoms with Crippen LogP contribution in [0.15, 0.2) is 30.3 Å². The van der Waals surface area contributed by atoms with E-state index < -0.39 is 28.8 Å². The molecule has 0 atom stereocenters. The molecular weight excluding hydrogens is 282 g/mol. The van der Waals surface area contributed by atoms with Gasteiger partial charge in [-0.05, 0) is 11.6 Å². The zero-order valence-corrected chi connectivity index (χ0v) is 11.7. The minimum atomic E-state index is -1.13. The summed E-state index contributed by atoms with van der Waals surface area (Å²) < 4.78 is 54.3. The van der Waals surface area contributed by atoms with Crippen molar-refractivity contribution in [2.24, 2.45) is 0 Å². The largest absolute Gasteiger partial charge is 0.310 e. The fourth-order valence-corrected chi connectivity index (χ4v) is 1.99. The van der Waals surface area contributed by atoms with E-state index in [0.29, 0.717) is 24.2 Å². The zero-order chi connectivity index (χ0) is 15.6. The van der Waals surface area contributed by atoms with Gasteiger partial charge >= 0.3 is 0 Å². The molecule has 21 heavy (non-hydrogen) atoms. The van der Waals surface area contributed by atoms with E-state index in [1.54, 1.807) is 6.07 Å². The molecule has 2 aromatic rings. The average Bonchev–Trinajstić information content (AvgIpc) is 2.37. The van der Waals surface area contributed by atoms with Crippen molar-refractivity contribution in [3.63, 3.8) is 0 Å². The van der Waals surface area contributed by atoms with Gasteiger partial charge < -0.3 is 5.32 Å². The highest BCUT2D eigenvalue weighted by molar-refractivity contribution is 5.66. The van der Waals surface area contributed by atoms with Crippen LogP contribution in [0.1, 0.15) is 19.4 Å². The molecule has 0 unspecified atom stereocenters. The van der Waals surface area contributed by atoms with Gasteiger partial charge in [0.15, 0.2) is 0 Å². The van der Waals surface area contributed by atoms with Crippen molar-refractivity contribution in [3.8, 4) is 11.1 Å². The maximum atomic E-state index is 14.1. The number of nitrogens with one attached hydrogen (secondary N) is 1. The van der Waals surface area contributed by atoms with Crippen molar-refractivity contribution in [1.29, 1.82) is 0 Å². The predicted octanol–water partition coefficient (Wildman–Crippen LogP) is 4.41. The molecule has 0 aromatic heterocycles. The molecule has 0 aliphatic carbocycles. The summed E-state index contributed by atoms with van der Waals surface area (Å²) in [6.07, 6.45) is 0. The molecule has 0 saturated heterocycles. The Labute approximate surface area is 120 Å². The number of hydrogen-bond donors (Lipinski definition) is 1. The fraction of sp³-hybridized carbons (Fsp3) is 0.250. The number of rotatable bonds is 4. The molecule has 1 N–H and O–H groups in total. The first-order valence-corrected chi connectivity index (χ1v) is 6.55. The van der Waals surface area contributed by atoms with E-state index in [2.05, 4.69) is 5.32 Å². The number of halogens is 4. The highest BCUT2D eigenvalue weighted by Crippen LogP contribution is 2.29. The zero-order valence-electron chi connectivity index (χ0n) is 11.7. The van der Waals surface area contributed by atoms with Gasteiger partial charge in [-0.3, -0.25) is 0 Å². The van der Waals surface area contributed by atoms with E-state index in [4.69, 9.17) is 0 Å². The fourth-order valence-electron chi connectivity index (χ4n) is 1.99. The lowest BCUT2D eigenvalue weighted by Crippen LogP contribution is -2.21. The molecule has 5 heteroatoms. The lowest BCUT2D eigenvalue weighted by Gasteiger charge is -2.11. The second-order valence-corrected chi connectivity index (χ2v) is 5.09. The molecular formula is C16H15F4N. The molecule has 0 spiro atoms. The molecule has 0 fully saturated rings. The molecule has 0 bridgehead atoms. The number of benzene rings is 2. The Balaban J connectivity index is 2.38. The second kappa shape index (κ2) is 6.26. The van der Waals surface area contributed by atoms with E-state index in [-0.39, 0.29) is 11.6 Å². The van der Waals surface area contributed by atoms with Crippen LogP contribution in [-0.4, -0.2) is 6.04 Å². The second-order valence-electron chi connectivity index (χ2n) is 5.09. The van der Waals surface area contributed by atoms with Crippen LogP contribution in [0.25, 0.3) is 11.1 Å². The Morgan fingerprint density at radius 3 is 2.05 bits per heavy atom. The first-order chi connectivity index (χ1) is 9.88. The lowest BCUT2D eigenvalue weighted by atomic mass is 10.0. The topological polar surface area (TPSA) is 12.0 Å². The van der Waals surface area contributed by atoms with Crippen molar-refractivity contribution in [3.05, 3.63) is 59.2 Å². The summed E-state index contributed by atoms with van der Waals surface area (Å²) in [5, 5.41) is 3.11. The molecule has 0 aliphatic rings. The van der Waals surface area contributed by atoms with E-state index in [1.807, 2.05) is 13.8 Å². The highest BCUT2D eigenvalue weighted by atomic mass is 19.1. The van der Waals surface area contributed by atoms with Gasteiger partial charge in [-0.1, -0.05) is 26.0 Å². The number of hydrogen-bond acceptors (Lipinski definition) is 1. The summed E-state index contributed by atoms with van der Waals surface area (Å²) in [4.78, 5) is 0. The highest BCUT2D eigenvalue weighted by Gasteiger charge is 2.17. The van der Waals surface area contributed by atoms with Gasteiger partial charge in [0.25, 0.3) is 0 Å². The van der Waals surface area contributed by atoms with Crippen LogP contribution in [0.5, 0.6) is 0 Å². The first kappa shape index (κ1) is 15.5. The Morgan fingerprint density at radius 1 is 0.905 bits per heavy atom. The maximum Gasteiger partial charge on any atom is 0.136 e. The maximum absolute atomic E-state index is 14.1. The third-order valence-electron chi connectivity index (χ3n) is 3.02. The standard InChI is InChI=1S/C16H15F4N/c1-9(2)21-8-10-3-4-12(13(18)5-10)16-14(19)6-11(17)7-15(16)20/h3-7,9,21H,8H2,1-2H3. The first-order valence-electron chi connectivity index (χ1n) is 6.55. The van der Waals surface area contributed by atoms with E-state index in [1.165, 1.54) is 12.1 Å². The van der Waals surface area contributed by atoms with Gasteiger partial charge in [0.2, 0.25) is 0 Å². The van der Waals surface area contributed by atoms with Crippen molar-refractivity contribution < 1.29 is 17.6 Å². The Kier molecular flexibility index (Phi) is 4.63. The van der Waals surface area contributed by atoms with Gasteiger partial charge in [0.1, 0.15) is 23.3 Å². The SMILES string of the molecule is CC(C)NCc1ccc(-c2c(F)cc(F)cc2F)c(F)c1. The summed E-state index contributed by atoms with van der Waals surface area (Å²) in [6.45, 7) is 4.35. The third-order valence-corrected chi connectivity index (χ3v) is 3.02. The van der Waals surface area contributed by atoms with Crippen molar-refractivity contribution in [2.45, 2.75) is 26.4 Å². The molecule has 0 heterocycles. The van der Waals surface area contributed by atoms with Crippen LogP contribution < -0.4 is 5.32 Å². The van der Waals surface area contributed by atoms with Crippen LogP contribution in [0.2, 0.25) is 0 Å². The van der Waals surface area contributed by atoms with Crippen molar-refractivity contribution in [1.82, 2.24) is 5.32 Å². The van der Waals surface area contributed by atoms with E-state index in [9.17, 15) is 17.6 Å². The van der Waals surface area contributed by atoms with Crippen molar-refractivity contribution in [2.75, 3.05) is 0 Å². The molecule has 0 radical (unpaired) electrons. The third kappa shape index (κ3) is 3.61.